The normalized spacial score (nSPS) is 16.5. The first-order chi connectivity index (χ1) is 13.2. The molecule has 4 rings (SSSR count). The first-order valence-corrected chi connectivity index (χ1v) is 9.35. The number of amides is 2. The number of nitrogens with one attached hydrogen (secondary N) is 2. The molecule has 3 aromatic rings. The molecular formula is C17H18N6O3S. The molecule has 2 amide bonds. The number of anilines is 1. The Morgan fingerprint density at radius 2 is 2.19 bits per heavy atom. The van der Waals surface area contributed by atoms with Crippen molar-refractivity contribution in [2.24, 2.45) is 0 Å². The maximum absolute atomic E-state index is 12.4. The van der Waals surface area contributed by atoms with Gasteiger partial charge in [-0.3, -0.25) is 14.3 Å². The number of rotatable bonds is 6. The molecule has 10 heteroatoms. The van der Waals surface area contributed by atoms with Crippen LogP contribution in [0, 0.1) is 0 Å². The fraction of sp³-hybridized carbons (Fsp3) is 0.353. The molecule has 0 aliphatic carbocycles. The van der Waals surface area contributed by atoms with E-state index in [1.54, 1.807) is 24.4 Å². The van der Waals surface area contributed by atoms with Crippen LogP contribution in [0.4, 0.5) is 5.69 Å². The molecule has 1 aromatic carbocycles. The number of ether oxygens (including phenoxy) is 1. The maximum atomic E-state index is 12.4. The average molecular weight is 386 g/mol. The van der Waals surface area contributed by atoms with E-state index in [-0.39, 0.29) is 24.5 Å². The molecule has 1 aliphatic rings. The summed E-state index contributed by atoms with van der Waals surface area (Å²) in [7, 11) is 0. The summed E-state index contributed by atoms with van der Waals surface area (Å²) in [6.45, 7) is 1.35. The second-order valence-corrected chi connectivity index (χ2v) is 6.82. The Bertz CT molecular complexity index is 962. The van der Waals surface area contributed by atoms with Crippen molar-refractivity contribution in [1.82, 2.24) is 23.8 Å². The monoisotopic (exact) mass is 386 g/mol. The first-order valence-electron chi connectivity index (χ1n) is 8.62. The van der Waals surface area contributed by atoms with Crippen molar-refractivity contribution in [3.8, 4) is 0 Å². The second-order valence-electron chi connectivity index (χ2n) is 6.29. The van der Waals surface area contributed by atoms with Gasteiger partial charge in [-0.15, -0.1) is 0 Å². The number of carbonyl (C=O) groups excluding carboxylic acids is 2. The average Bonchev–Trinajstić information content (AvgIpc) is 3.41. The zero-order valence-corrected chi connectivity index (χ0v) is 15.2. The van der Waals surface area contributed by atoms with Crippen LogP contribution in [0.3, 0.4) is 0 Å². The number of aromatic nitrogens is 4. The van der Waals surface area contributed by atoms with Crippen LogP contribution in [-0.4, -0.2) is 49.6 Å². The molecule has 9 nitrogen and oxygen atoms in total. The van der Waals surface area contributed by atoms with E-state index in [0.29, 0.717) is 23.3 Å². The van der Waals surface area contributed by atoms with Gasteiger partial charge in [0.15, 0.2) is 0 Å². The minimum atomic E-state index is -0.271. The number of benzene rings is 1. The zero-order chi connectivity index (χ0) is 18.6. The lowest BCUT2D eigenvalue weighted by atomic mass is 10.2. The van der Waals surface area contributed by atoms with Crippen LogP contribution in [0.5, 0.6) is 0 Å². The molecule has 2 aromatic heterocycles. The molecule has 27 heavy (non-hydrogen) atoms. The highest BCUT2D eigenvalue weighted by molar-refractivity contribution is 7.00. The standard InChI is InChI=1S/C17H18N6O3S/c24-16(18-8-13-2-1-5-26-13)10-23-9-12(7-19-23)20-17(25)11-3-4-14-15(6-11)22-27-21-14/h3-4,6-7,9,13H,1-2,5,8,10H2,(H,18,24)(H,20,25)/t13-/m1/s1. The van der Waals surface area contributed by atoms with Crippen LogP contribution in [0.2, 0.25) is 0 Å². The predicted molar refractivity (Wildman–Crippen MR) is 99.6 cm³/mol. The minimum Gasteiger partial charge on any atom is -0.376 e. The molecule has 0 unspecified atom stereocenters. The lowest BCUT2D eigenvalue weighted by Gasteiger charge is -2.10. The van der Waals surface area contributed by atoms with Crippen molar-refractivity contribution in [2.45, 2.75) is 25.5 Å². The largest absolute Gasteiger partial charge is 0.376 e. The Kier molecular flexibility index (Phi) is 5.07. The smallest absolute Gasteiger partial charge is 0.255 e. The van der Waals surface area contributed by atoms with E-state index in [1.165, 1.54) is 10.9 Å². The summed E-state index contributed by atoms with van der Waals surface area (Å²) >= 11 is 1.11. The lowest BCUT2D eigenvalue weighted by molar-refractivity contribution is -0.122. The summed E-state index contributed by atoms with van der Waals surface area (Å²) in [5, 5.41) is 9.72. The van der Waals surface area contributed by atoms with E-state index in [0.717, 1.165) is 36.7 Å². The summed E-state index contributed by atoms with van der Waals surface area (Å²) in [5.74, 6) is -0.416. The van der Waals surface area contributed by atoms with E-state index in [2.05, 4.69) is 24.5 Å². The van der Waals surface area contributed by atoms with Crippen LogP contribution in [0.1, 0.15) is 23.2 Å². The van der Waals surface area contributed by atoms with Crippen molar-refractivity contribution in [3.63, 3.8) is 0 Å². The van der Waals surface area contributed by atoms with E-state index in [9.17, 15) is 9.59 Å². The first kappa shape index (κ1) is 17.6. The number of carbonyl (C=O) groups is 2. The summed E-state index contributed by atoms with van der Waals surface area (Å²) in [6.07, 6.45) is 5.24. The van der Waals surface area contributed by atoms with Gasteiger partial charge >= 0.3 is 0 Å². The number of nitrogens with zero attached hydrogens (tertiary/aromatic N) is 4. The van der Waals surface area contributed by atoms with Gasteiger partial charge in [0.1, 0.15) is 17.6 Å². The number of hydrogen-bond donors (Lipinski definition) is 2. The highest BCUT2D eigenvalue weighted by atomic mass is 32.1. The van der Waals surface area contributed by atoms with Gasteiger partial charge in [-0.25, -0.2) is 0 Å². The Hall–Kier alpha value is -2.85. The van der Waals surface area contributed by atoms with Crippen molar-refractivity contribution in [2.75, 3.05) is 18.5 Å². The Morgan fingerprint density at radius 3 is 3.04 bits per heavy atom. The van der Waals surface area contributed by atoms with E-state index in [4.69, 9.17) is 4.74 Å². The SMILES string of the molecule is O=C(Cn1cc(NC(=O)c2ccc3nsnc3c2)cn1)NC[C@H]1CCCO1. The second kappa shape index (κ2) is 7.80. The van der Waals surface area contributed by atoms with E-state index < -0.39 is 0 Å². The molecule has 0 bridgehead atoms. The topological polar surface area (TPSA) is 111 Å². The van der Waals surface area contributed by atoms with Crippen molar-refractivity contribution in [1.29, 1.82) is 0 Å². The molecular weight excluding hydrogens is 368 g/mol. The molecule has 0 spiro atoms. The molecule has 1 aliphatic heterocycles. The van der Waals surface area contributed by atoms with Gasteiger partial charge in [0.2, 0.25) is 5.91 Å². The molecule has 0 radical (unpaired) electrons. The number of hydrogen-bond acceptors (Lipinski definition) is 7. The van der Waals surface area contributed by atoms with Crippen molar-refractivity contribution in [3.05, 3.63) is 36.2 Å². The Labute approximate surface area is 159 Å². The molecule has 140 valence electrons. The van der Waals surface area contributed by atoms with Gasteiger partial charge in [-0.2, -0.15) is 13.8 Å². The van der Waals surface area contributed by atoms with Gasteiger partial charge in [0.05, 0.1) is 29.7 Å². The maximum Gasteiger partial charge on any atom is 0.255 e. The van der Waals surface area contributed by atoms with Crippen molar-refractivity contribution < 1.29 is 14.3 Å². The molecule has 1 atom stereocenters. The molecule has 3 heterocycles. The van der Waals surface area contributed by atoms with E-state index >= 15 is 0 Å². The quantitative estimate of drug-likeness (QED) is 0.663. The van der Waals surface area contributed by atoms with Crippen LogP contribution in [0.25, 0.3) is 11.0 Å². The van der Waals surface area contributed by atoms with Gasteiger partial charge in [0, 0.05) is 24.9 Å². The van der Waals surface area contributed by atoms with Crippen LogP contribution < -0.4 is 10.6 Å². The minimum absolute atomic E-state index is 0.0824. The fourth-order valence-electron chi connectivity index (χ4n) is 2.88. The lowest BCUT2D eigenvalue weighted by Crippen LogP contribution is -2.34. The molecule has 1 fully saturated rings. The third-order valence-electron chi connectivity index (χ3n) is 4.26. The molecule has 1 saturated heterocycles. The van der Waals surface area contributed by atoms with Crippen LogP contribution in [-0.2, 0) is 16.1 Å². The Morgan fingerprint density at radius 1 is 1.30 bits per heavy atom. The van der Waals surface area contributed by atoms with Gasteiger partial charge < -0.3 is 15.4 Å². The highest BCUT2D eigenvalue weighted by Crippen LogP contribution is 2.15. The van der Waals surface area contributed by atoms with Crippen LogP contribution in [0.15, 0.2) is 30.6 Å². The molecule has 0 saturated carbocycles. The summed E-state index contributed by atoms with van der Waals surface area (Å²) in [4.78, 5) is 24.4. The Balaban J connectivity index is 1.31. The fourth-order valence-corrected chi connectivity index (χ4v) is 3.39. The predicted octanol–water partition coefficient (Wildman–Crippen LogP) is 1.44. The molecule has 2 N–H and O–H groups in total. The zero-order valence-electron chi connectivity index (χ0n) is 14.4. The number of fused-ring (bicyclic) bond motifs is 1. The summed E-state index contributed by atoms with van der Waals surface area (Å²) < 4.78 is 15.2. The van der Waals surface area contributed by atoms with Gasteiger partial charge in [0.25, 0.3) is 5.91 Å². The van der Waals surface area contributed by atoms with Gasteiger partial charge in [-0.05, 0) is 31.0 Å². The third kappa shape index (κ3) is 4.29. The van der Waals surface area contributed by atoms with Crippen LogP contribution >= 0.6 is 11.7 Å². The summed E-state index contributed by atoms with van der Waals surface area (Å²) in [6, 6.07) is 5.15. The van der Waals surface area contributed by atoms with E-state index in [1.807, 2.05) is 0 Å². The third-order valence-corrected chi connectivity index (χ3v) is 4.82. The van der Waals surface area contributed by atoms with Crippen molar-refractivity contribution >= 4 is 40.3 Å². The van der Waals surface area contributed by atoms with Gasteiger partial charge in [-0.1, -0.05) is 0 Å². The highest BCUT2D eigenvalue weighted by Gasteiger charge is 2.16. The summed E-state index contributed by atoms with van der Waals surface area (Å²) in [5.41, 5.74) is 2.45.